The molecule has 2 rings (SSSR count). The van der Waals surface area contributed by atoms with Gasteiger partial charge in [0.1, 0.15) is 5.75 Å². The van der Waals surface area contributed by atoms with Crippen LogP contribution in [0.15, 0.2) is 23.2 Å². The van der Waals surface area contributed by atoms with Crippen molar-refractivity contribution in [2.24, 2.45) is 10.9 Å². The van der Waals surface area contributed by atoms with Gasteiger partial charge in [0.15, 0.2) is 5.96 Å². The van der Waals surface area contributed by atoms with Gasteiger partial charge in [0.25, 0.3) is 0 Å². The van der Waals surface area contributed by atoms with Crippen LogP contribution in [0.1, 0.15) is 30.9 Å². The molecule has 0 spiro atoms. The van der Waals surface area contributed by atoms with E-state index in [4.69, 9.17) is 14.5 Å². The van der Waals surface area contributed by atoms with Crippen LogP contribution in [0.25, 0.3) is 0 Å². The number of hydrogen-bond donors (Lipinski definition) is 1. The molecule has 1 aromatic carbocycles. The number of hydrogen-bond acceptors (Lipinski definition) is 3. The zero-order valence-corrected chi connectivity index (χ0v) is 16.2. The fourth-order valence-electron chi connectivity index (χ4n) is 3.12. The fourth-order valence-corrected chi connectivity index (χ4v) is 3.12. The number of rotatable bonds is 8. The maximum Gasteiger partial charge on any atom is 0.193 e. The Morgan fingerprint density at radius 2 is 2.12 bits per heavy atom. The van der Waals surface area contributed by atoms with E-state index in [9.17, 15) is 0 Å². The predicted molar refractivity (Wildman–Crippen MR) is 104 cm³/mol. The van der Waals surface area contributed by atoms with Gasteiger partial charge in [0.05, 0.1) is 13.2 Å². The topological polar surface area (TPSA) is 46.1 Å². The molecule has 0 radical (unpaired) electrons. The number of guanidine groups is 1. The third-order valence-electron chi connectivity index (χ3n) is 4.47. The lowest BCUT2D eigenvalue weighted by Crippen LogP contribution is -2.41. The van der Waals surface area contributed by atoms with Crippen molar-refractivity contribution >= 4 is 5.96 Å². The van der Waals surface area contributed by atoms with E-state index in [-0.39, 0.29) is 0 Å². The van der Waals surface area contributed by atoms with Crippen LogP contribution in [0, 0.1) is 19.8 Å². The summed E-state index contributed by atoms with van der Waals surface area (Å²) in [6.45, 7) is 11.4. The highest BCUT2D eigenvalue weighted by atomic mass is 16.5. The van der Waals surface area contributed by atoms with E-state index in [2.05, 4.69) is 56.2 Å². The standard InChI is InChI=1S/C20H33N3O2/c1-5-21-20(23(4)14-18-10-13-24-15-18)22-11-7-12-25-19-16(2)8-6-9-17(19)3/h6,8-9,18H,5,7,10-15H2,1-4H3,(H,21,22). The highest BCUT2D eigenvalue weighted by Gasteiger charge is 2.18. The summed E-state index contributed by atoms with van der Waals surface area (Å²) in [5, 5.41) is 3.38. The Kier molecular flexibility index (Phi) is 8.06. The summed E-state index contributed by atoms with van der Waals surface area (Å²) in [4.78, 5) is 6.96. The number of ether oxygens (including phenoxy) is 2. The molecule has 0 aromatic heterocycles. The smallest absolute Gasteiger partial charge is 0.193 e. The quantitative estimate of drug-likeness (QED) is 0.446. The Bertz CT molecular complexity index is 534. The SMILES string of the molecule is CCNC(=NCCCOc1c(C)cccc1C)N(C)CC1CCOC1. The fraction of sp³-hybridized carbons (Fsp3) is 0.650. The van der Waals surface area contributed by atoms with Gasteiger partial charge < -0.3 is 19.7 Å². The average Bonchev–Trinajstić information content (AvgIpc) is 3.08. The molecular formula is C20H33N3O2. The average molecular weight is 348 g/mol. The first-order valence-corrected chi connectivity index (χ1v) is 9.38. The van der Waals surface area contributed by atoms with Gasteiger partial charge in [-0.2, -0.15) is 0 Å². The van der Waals surface area contributed by atoms with Gasteiger partial charge in [-0.25, -0.2) is 0 Å². The van der Waals surface area contributed by atoms with E-state index in [1.807, 2.05) is 0 Å². The Morgan fingerprint density at radius 3 is 2.76 bits per heavy atom. The summed E-state index contributed by atoms with van der Waals surface area (Å²) in [5.41, 5.74) is 2.38. The minimum atomic E-state index is 0.612. The van der Waals surface area contributed by atoms with Crippen LogP contribution in [0.2, 0.25) is 0 Å². The van der Waals surface area contributed by atoms with E-state index >= 15 is 0 Å². The van der Waals surface area contributed by atoms with Crippen molar-refractivity contribution in [3.63, 3.8) is 0 Å². The summed E-state index contributed by atoms with van der Waals surface area (Å²) in [6, 6.07) is 6.24. The molecule has 1 atom stereocenters. The molecule has 1 heterocycles. The van der Waals surface area contributed by atoms with Crippen molar-refractivity contribution in [1.29, 1.82) is 0 Å². The summed E-state index contributed by atoms with van der Waals surface area (Å²) >= 11 is 0. The van der Waals surface area contributed by atoms with E-state index in [0.29, 0.717) is 12.5 Å². The highest BCUT2D eigenvalue weighted by Crippen LogP contribution is 2.22. The molecule has 0 saturated carbocycles. The number of aryl methyl sites for hydroxylation is 2. The molecule has 0 bridgehead atoms. The lowest BCUT2D eigenvalue weighted by Gasteiger charge is -2.24. The van der Waals surface area contributed by atoms with Gasteiger partial charge in [0.2, 0.25) is 0 Å². The van der Waals surface area contributed by atoms with Crippen LogP contribution in [0.4, 0.5) is 0 Å². The lowest BCUT2D eigenvalue weighted by atomic mass is 10.1. The molecule has 5 heteroatoms. The minimum Gasteiger partial charge on any atom is -0.493 e. The molecule has 5 nitrogen and oxygen atoms in total. The molecule has 1 N–H and O–H groups in total. The van der Waals surface area contributed by atoms with Gasteiger partial charge in [-0.05, 0) is 38.3 Å². The number of aliphatic imine (C=N–C) groups is 1. The Morgan fingerprint density at radius 1 is 1.36 bits per heavy atom. The zero-order chi connectivity index (χ0) is 18.1. The molecule has 1 saturated heterocycles. The third-order valence-corrected chi connectivity index (χ3v) is 4.47. The normalized spacial score (nSPS) is 17.6. The Balaban J connectivity index is 1.78. The van der Waals surface area contributed by atoms with Crippen LogP contribution >= 0.6 is 0 Å². The number of nitrogens with zero attached hydrogens (tertiary/aromatic N) is 2. The number of nitrogens with one attached hydrogen (secondary N) is 1. The van der Waals surface area contributed by atoms with Crippen molar-refractivity contribution in [3.05, 3.63) is 29.3 Å². The molecule has 0 aliphatic carbocycles. The molecule has 1 unspecified atom stereocenters. The van der Waals surface area contributed by atoms with E-state index in [0.717, 1.165) is 57.4 Å². The Labute approximate surface area is 152 Å². The molecule has 1 aliphatic rings. The molecule has 25 heavy (non-hydrogen) atoms. The second-order valence-electron chi connectivity index (χ2n) is 6.77. The molecule has 1 aliphatic heterocycles. The lowest BCUT2D eigenvalue weighted by molar-refractivity contribution is 0.181. The molecule has 1 aromatic rings. The van der Waals surface area contributed by atoms with Crippen molar-refractivity contribution in [2.45, 2.75) is 33.6 Å². The molecular weight excluding hydrogens is 314 g/mol. The van der Waals surface area contributed by atoms with E-state index in [1.165, 1.54) is 11.1 Å². The zero-order valence-electron chi connectivity index (χ0n) is 16.2. The largest absolute Gasteiger partial charge is 0.493 e. The second-order valence-corrected chi connectivity index (χ2v) is 6.77. The maximum absolute atomic E-state index is 5.96. The molecule has 1 fully saturated rings. The second kappa shape index (κ2) is 10.3. The third kappa shape index (κ3) is 6.24. The van der Waals surface area contributed by atoms with Crippen LogP contribution in [-0.2, 0) is 4.74 Å². The van der Waals surface area contributed by atoms with Crippen LogP contribution < -0.4 is 10.1 Å². The Hall–Kier alpha value is -1.75. The first-order chi connectivity index (χ1) is 12.1. The van der Waals surface area contributed by atoms with E-state index < -0.39 is 0 Å². The highest BCUT2D eigenvalue weighted by molar-refractivity contribution is 5.79. The van der Waals surface area contributed by atoms with Crippen LogP contribution in [0.5, 0.6) is 5.75 Å². The van der Waals surface area contributed by atoms with Gasteiger partial charge in [0, 0.05) is 45.6 Å². The van der Waals surface area contributed by atoms with Gasteiger partial charge in [-0.15, -0.1) is 0 Å². The summed E-state index contributed by atoms with van der Waals surface area (Å²) in [5.74, 6) is 2.60. The molecule has 0 amide bonds. The summed E-state index contributed by atoms with van der Waals surface area (Å²) in [6.07, 6.45) is 2.05. The number of benzene rings is 1. The first kappa shape index (κ1) is 19.6. The maximum atomic E-state index is 5.96. The summed E-state index contributed by atoms with van der Waals surface area (Å²) < 4.78 is 11.4. The van der Waals surface area contributed by atoms with Crippen molar-refractivity contribution in [1.82, 2.24) is 10.2 Å². The first-order valence-electron chi connectivity index (χ1n) is 9.38. The van der Waals surface area contributed by atoms with E-state index in [1.54, 1.807) is 0 Å². The van der Waals surface area contributed by atoms with Gasteiger partial charge in [-0.1, -0.05) is 18.2 Å². The van der Waals surface area contributed by atoms with Crippen molar-refractivity contribution in [3.8, 4) is 5.75 Å². The number of para-hydroxylation sites is 1. The monoisotopic (exact) mass is 347 g/mol. The van der Waals surface area contributed by atoms with Crippen LogP contribution in [0.3, 0.4) is 0 Å². The van der Waals surface area contributed by atoms with Crippen molar-refractivity contribution < 1.29 is 9.47 Å². The minimum absolute atomic E-state index is 0.612. The predicted octanol–water partition coefficient (Wildman–Crippen LogP) is 3.01. The van der Waals surface area contributed by atoms with Gasteiger partial charge in [-0.3, -0.25) is 4.99 Å². The van der Waals surface area contributed by atoms with Crippen LogP contribution in [-0.4, -0.2) is 57.4 Å². The molecule has 140 valence electrons. The van der Waals surface area contributed by atoms with Gasteiger partial charge >= 0.3 is 0 Å². The summed E-state index contributed by atoms with van der Waals surface area (Å²) in [7, 11) is 2.10. The van der Waals surface area contributed by atoms with Crippen molar-refractivity contribution in [2.75, 3.05) is 46.5 Å².